The van der Waals surface area contributed by atoms with E-state index in [1.807, 2.05) is 24.5 Å². The molecular weight excluding hydrogens is 110 g/mol. The van der Waals surface area contributed by atoms with Crippen LogP contribution in [0.1, 0.15) is 13.8 Å². The summed E-state index contributed by atoms with van der Waals surface area (Å²) in [5.74, 6) is 0.623. The molecule has 0 aliphatic heterocycles. The van der Waals surface area contributed by atoms with Crippen LogP contribution in [0.4, 0.5) is 0 Å². The monoisotopic (exact) mass is 122 g/mol. The molecule has 1 nitrogen and oxygen atoms in total. The second-order valence-corrected chi connectivity index (χ2v) is 2.52. The summed E-state index contributed by atoms with van der Waals surface area (Å²) in [5, 5.41) is 0. The fourth-order valence-corrected chi connectivity index (χ4v) is 0.791. The van der Waals surface area contributed by atoms with Gasteiger partial charge in [-0.15, -0.1) is 0 Å². The van der Waals surface area contributed by atoms with Crippen molar-refractivity contribution in [1.82, 2.24) is 4.57 Å². The lowest BCUT2D eigenvalue weighted by Crippen LogP contribution is -1.96. The highest BCUT2D eigenvalue weighted by molar-refractivity contribution is 4.94. The zero-order valence-electron chi connectivity index (χ0n) is 5.91. The first-order valence-corrected chi connectivity index (χ1v) is 3.26. The average molecular weight is 122 g/mol. The van der Waals surface area contributed by atoms with E-state index < -0.39 is 0 Å². The van der Waals surface area contributed by atoms with Gasteiger partial charge in [-0.25, -0.2) is 0 Å². The molecule has 0 aromatic carbocycles. The lowest BCUT2D eigenvalue weighted by Gasteiger charge is -2.03. The summed E-state index contributed by atoms with van der Waals surface area (Å²) >= 11 is 0. The molecule has 0 saturated heterocycles. The van der Waals surface area contributed by atoms with Crippen LogP contribution in [0.3, 0.4) is 0 Å². The van der Waals surface area contributed by atoms with Crippen molar-refractivity contribution in [2.24, 2.45) is 5.92 Å². The Balaban J connectivity index is 2.48. The molecule has 49 valence electrons. The van der Waals surface area contributed by atoms with E-state index in [1.165, 1.54) is 0 Å². The van der Waals surface area contributed by atoms with Gasteiger partial charge in [-0.05, 0) is 18.1 Å². The third kappa shape index (κ3) is 1.92. The van der Waals surface area contributed by atoms with Gasteiger partial charge < -0.3 is 4.57 Å². The first-order chi connectivity index (χ1) is 4.29. The summed E-state index contributed by atoms with van der Waals surface area (Å²) in [6, 6.07) is 4.05. The van der Waals surface area contributed by atoms with Crippen molar-refractivity contribution < 1.29 is 0 Å². The largest absolute Gasteiger partial charge is 0.349 e. The second kappa shape index (κ2) is 2.72. The quantitative estimate of drug-likeness (QED) is 0.566. The zero-order chi connectivity index (χ0) is 6.69. The SMILES string of the molecule is CC(C)[CH]n1cccc1. The van der Waals surface area contributed by atoms with Crippen LogP contribution in [-0.4, -0.2) is 4.57 Å². The first kappa shape index (κ1) is 6.40. The van der Waals surface area contributed by atoms with Gasteiger partial charge in [0.15, 0.2) is 0 Å². The topological polar surface area (TPSA) is 4.93 Å². The van der Waals surface area contributed by atoms with E-state index in [9.17, 15) is 0 Å². The van der Waals surface area contributed by atoms with Crippen molar-refractivity contribution in [2.75, 3.05) is 0 Å². The fraction of sp³-hybridized carbons (Fsp3) is 0.375. The van der Waals surface area contributed by atoms with E-state index >= 15 is 0 Å². The molecule has 0 saturated carbocycles. The molecule has 0 amide bonds. The third-order valence-electron chi connectivity index (χ3n) is 1.10. The lowest BCUT2D eigenvalue weighted by atomic mass is 10.2. The second-order valence-electron chi connectivity index (χ2n) is 2.52. The summed E-state index contributed by atoms with van der Waals surface area (Å²) in [6.45, 7) is 6.50. The van der Waals surface area contributed by atoms with E-state index in [0.717, 1.165) is 0 Å². The maximum absolute atomic E-state index is 2.17. The minimum atomic E-state index is 0.623. The highest BCUT2D eigenvalue weighted by atomic mass is 14.9. The molecular formula is C8H12N. The van der Waals surface area contributed by atoms with Gasteiger partial charge in [0.25, 0.3) is 0 Å². The lowest BCUT2D eigenvalue weighted by molar-refractivity contribution is 0.685. The number of hydrogen-bond acceptors (Lipinski definition) is 0. The van der Waals surface area contributed by atoms with Crippen LogP contribution < -0.4 is 0 Å². The van der Waals surface area contributed by atoms with Crippen LogP contribution in [0.5, 0.6) is 0 Å². The number of rotatable bonds is 2. The van der Waals surface area contributed by atoms with Gasteiger partial charge in [-0.2, -0.15) is 0 Å². The van der Waals surface area contributed by atoms with Crippen molar-refractivity contribution in [3.05, 3.63) is 31.1 Å². The molecule has 0 atom stereocenters. The number of hydrogen-bond donors (Lipinski definition) is 0. The molecule has 1 aromatic rings. The third-order valence-corrected chi connectivity index (χ3v) is 1.10. The van der Waals surface area contributed by atoms with Gasteiger partial charge in [0, 0.05) is 12.4 Å². The molecule has 0 bridgehead atoms. The first-order valence-electron chi connectivity index (χ1n) is 3.26. The van der Waals surface area contributed by atoms with Crippen molar-refractivity contribution in [3.63, 3.8) is 0 Å². The Morgan fingerprint density at radius 1 is 1.22 bits per heavy atom. The predicted octanol–water partition coefficient (Wildman–Crippen LogP) is 2.15. The van der Waals surface area contributed by atoms with E-state index in [0.29, 0.717) is 5.92 Å². The maximum atomic E-state index is 2.17. The van der Waals surface area contributed by atoms with Crippen LogP contribution in [0, 0.1) is 12.5 Å². The Hall–Kier alpha value is -0.720. The van der Waals surface area contributed by atoms with Crippen LogP contribution in [0.25, 0.3) is 0 Å². The Labute approximate surface area is 56.3 Å². The van der Waals surface area contributed by atoms with Gasteiger partial charge in [0.1, 0.15) is 0 Å². The molecule has 0 N–H and O–H groups in total. The highest BCUT2D eigenvalue weighted by Gasteiger charge is 1.92. The van der Waals surface area contributed by atoms with Crippen molar-refractivity contribution in [3.8, 4) is 0 Å². The molecule has 1 aromatic heterocycles. The maximum Gasteiger partial charge on any atom is 0.0563 e. The Bertz CT molecular complexity index is 151. The molecule has 1 rings (SSSR count). The minimum Gasteiger partial charge on any atom is -0.349 e. The van der Waals surface area contributed by atoms with E-state index in [-0.39, 0.29) is 0 Å². The van der Waals surface area contributed by atoms with Gasteiger partial charge in [0.05, 0.1) is 6.54 Å². The fourth-order valence-electron chi connectivity index (χ4n) is 0.791. The standard InChI is InChI=1S/C8H12N/c1-8(2)7-9-5-3-4-6-9/h3-8H,1-2H3. The summed E-state index contributed by atoms with van der Waals surface area (Å²) in [6.07, 6.45) is 4.08. The molecule has 0 aliphatic carbocycles. The van der Waals surface area contributed by atoms with E-state index in [2.05, 4.69) is 25.0 Å². The highest BCUT2D eigenvalue weighted by Crippen LogP contribution is 2.00. The summed E-state index contributed by atoms with van der Waals surface area (Å²) < 4.78 is 2.07. The van der Waals surface area contributed by atoms with Crippen LogP contribution in [-0.2, 0) is 0 Å². The Kier molecular flexibility index (Phi) is 1.93. The van der Waals surface area contributed by atoms with E-state index in [1.54, 1.807) is 0 Å². The van der Waals surface area contributed by atoms with Crippen molar-refractivity contribution >= 4 is 0 Å². The molecule has 0 aliphatic rings. The molecule has 0 spiro atoms. The van der Waals surface area contributed by atoms with E-state index in [4.69, 9.17) is 0 Å². The van der Waals surface area contributed by atoms with Gasteiger partial charge in [0.2, 0.25) is 0 Å². The summed E-state index contributed by atoms with van der Waals surface area (Å²) in [4.78, 5) is 0. The normalized spacial score (nSPS) is 10.6. The molecule has 9 heavy (non-hydrogen) atoms. The Morgan fingerprint density at radius 2 is 1.78 bits per heavy atom. The van der Waals surface area contributed by atoms with Crippen LogP contribution in [0.15, 0.2) is 24.5 Å². The number of aromatic nitrogens is 1. The smallest absolute Gasteiger partial charge is 0.0563 e. The predicted molar refractivity (Wildman–Crippen MR) is 39.0 cm³/mol. The number of nitrogens with zero attached hydrogens (tertiary/aromatic N) is 1. The van der Waals surface area contributed by atoms with Crippen molar-refractivity contribution in [1.29, 1.82) is 0 Å². The summed E-state index contributed by atoms with van der Waals surface area (Å²) in [7, 11) is 0. The molecule has 1 heterocycles. The van der Waals surface area contributed by atoms with Crippen LogP contribution >= 0.6 is 0 Å². The molecule has 1 heteroatoms. The summed E-state index contributed by atoms with van der Waals surface area (Å²) in [5.41, 5.74) is 0. The molecule has 0 unspecified atom stereocenters. The molecule has 0 fully saturated rings. The van der Waals surface area contributed by atoms with Crippen LogP contribution in [0.2, 0.25) is 0 Å². The minimum absolute atomic E-state index is 0.623. The average Bonchev–Trinajstić information content (AvgIpc) is 2.15. The van der Waals surface area contributed by atoms with Crippen molar-refractivity contribution in [2.45, 2.75) is 13.8 Å². The van der Waals surface area contributed by atoms with Gasteiger partial charge in [-0.3, -0.25) is 0 Å². The molecule has 1 radical (unpaired) electrons. The van der Waals surface area contributed by atoms with Gasteiger partial charge in [-0.1, -0.05) is 13.8 Å². The zero-order valence-corrected chi connectivity index (χ0v) is 5.91. The Morgan fingerprint density at radius 3 is 2.22 bits per heavy atom. The van der Waals surface area contributed by atoms with Gasteiger partial charge >= 0.3 is 0 Å².